The van der Waals surface area contributed by atoms with Crippen molar-refractivity contribution in [2.24, 2.45) is 0 Å². The second kappa shape index (κ2) is 8.57. The fraction of sp³-hybridized carbons (Fsp3) is 0.500. The number of ether oxygens (including phenoxy) is 4. The van der Waals surface area contributed by atoms with Gasteiger partial charge in [0.15, 0.2) is 5.79 Å². The van der Waals surface area contributed by atoms with Crippen LogP contribution in [0, 0.1) is 0 Å². The lowest BCUT2D eigenvalue weighted by Gasteiger charge is -2.20. The van der Waals surface area contributed by atoms with Crippen LogP contribution in [0.25, 0.3) is 6.08 Å². The van der Waals surface area contributed by atoms with Gasteiger partial charge in [-0.15, -0.1) is 0 Å². The number of aliphatic hydroxyl groups is 1. The SMILES string of the molecule is COc1cc(O)c2c(c1)/C=C\C[C@@H]1OC(C)(C)O[C@@H]1[C@@H](O)/C=C\C[C@H](C)OC2=O. The number of carbonyl (C=O) groups excluding carboxylic acids is 1. The highest BCUT2D eigenvalue weighted by Gasteiger charge is 2.43. The number of rotatable bonds is 1. The third-order valence-corrected chi connectivity index (χ3v) is 4.89. The molecule has 3 rings (SSSR count). The van der Waals surface area contributed by atoms with Gasteiger partial charge in [-0.2, -0.15) is 0 Å². The Bertz CT molecular complexity index is 812. The molecule has 0 amide bonds. The lowest BCUT2D eigenvalue weighted by atomic mass is 10.0. The van der Waals surface area contributed by atoms with Crippen molar-refractivity contribution in [2.45, 2.75) is 63.8 Å². The van der Waals surface area contributed by atoms with E-state index in [1.807, 2.05) is 6.08 Å². The van der Waals surface area contributed by atoms with Crippen LogP contribution in [0.15, 0.2) is 30.4 Å². The highest BCUT2D eigenvalue weighted by Crippen LogP contribution is 2.34. The van der Waals surface area contributed by atoms with Gasteiger partial charge in [0.2, 0.25) is 0 Å². The van der Waals surface area contributed by atoms with Crippen LogP contribution in [0.2, 0.25) is 0 Å². The maximum atomic E-state index is 12.7. The van der Waals surface area contributed by atoms with Gasteiger partial charge >= 0.3 is 5.97 Å². The second-order valence-corrected chi connectivity index (χ2v) is 7.76. The van der Waals surface area contributed by atoms with E-state index in [9.17, 15) is 15.0 Å². The van der Waals surface area contributed by atoms with Crippen LogP contribution < -0.4 is 4.74 Å². The maximum absolute atomic E-state index is 12.7. The third-order valence-electron chi connectivity index (χ3n) is 4.89. The van der Waals surface area contributed by atoms with Crippen LogP contribution in [0.3, 0.4) is 0 Å². The normalized spacial score (nSPS) is 31.7. The van der Waals surface area contributed by atoms with Gasteiger partial charge in [-0.25, -0.2) is 4.79 Å². The lowest BCUT2D eigenvalue weighted by Crippen LogP contribution is -2.34. The Labute approximate surface area is 170 Å². The summed E-state index contributed by atoms with van der Waals surface area (Å²) in [4.78, 5) is 12.7. The Balaban J connectivity index is 1.99. The molecule has 1 aromatic carbocycles. The Morgan fingerprint density at radius 2 is 1.93 bits per heavy atom. The first-order chi connectivity index (χ1) is 13.7. The minimum absolute atomic E-state index is 0.0791. The highest BCUT2D eigenvalue weighted by atomic mass is 16.8. The molecule has 0 aliphatic carbocycles. The average Bonchev–Trinajstić information content (AvgIpc) is 2.95. The zero-order valence-electron chi connectivity index (χ0n) is 17.1. The van der Waals surface area contributed by atoms with Crippen LogP contribution in [0.5, 0.6) is 11.5 Å². The van der Waals surface area contributed by atoms with E-state index in [0.29, 0.717) is 24.2 Å². The van der Waals surface area contributed by atoms with Gasteiger partial charge in [0.25, 0.3) is 0 Å². The van der Waals surface area contributed by atoms with Crippen molar-refractivity contribution < 1.29 is 34.0 Å². The van der Waals surface area contributed by atoms with Crippen molar-refractivity contribution in [3.05, 3.63) is 41.5 Å². The minimum atomic E-state index is -0.850. The Kier molecular flexibility index (Phi) is 6.31. The number of hydrogen-bond donors (Lipinski definition) is 2. The molecule has 0 bridgehead atoms. The summed E-state index contributed by atoms with van der Waals surface area (Å²) in [6.45, 7) is 5.36. The predicted molar refractivity (Wildman–Crippen MR) is 107 cm³/mol. The minimum Gasteiger partial charge on any atom is -0.507 e. The molecule has 4 atom stereocenters. The van der Waals surface area contributed by atoms with E-state index >= 15 is 0 Å². The molecular weight excluding hydrogens is 376 g/mol. The summed E-state index contributed by atoms with van der Waals surface area (Å²) in [5.41, 5.74) is 0.553. The van der Waals surface area contributed by atoms with Gasteiger partial charge in [-0.05, 0) is 38.8 Å². The zero-order chi connectivity index (χ0) is 21.2. The number of carbonyl (C=O) groups is 1. The van der Waals surface area contributed by atoms with Crippen molar-refractivity contribution in [3.8, 4) is 11.5 Å². The van der Waals surface area contributed by atoms with Crippen LogP contribution in [-0.2, 0) is 14.2 Å². The highest BCUT2D eigenvalue weighted by molar-refractivity contribution is 5.97. The first-order valence-electron chi connectivity index (χ1n) is 9.69. The number of fused-ring (bicyclic) bond motifs is 2. The van der Waals surface area contributed by atoms with E-state index in [2.05, 4.69) is 0 Å². The van der Waals surface area contributed by atoms with E-state index in [1.54, 1.807) is 45.1 Å². The van der Waals surface area contributed by atoms with Crippen molar-refractivity contribution in [1.29, 1.82) is 0 Å². The molecule has 1 fully saturated rings. The molecule has 1 saturated heterocycles. The van der Waals surface area contributed by atoms with Crippen molar-refractivity contribution in [1.82, 2.24) is 0 Å². The molecular formula is C22H28O7. The molecule has 0 spiro atoms. The van der Waals surface area contributed by atoms with Crippen molar-refractivity contribution >= 4 is 12.0 Å². The molecule has 2 aliphatic rings. The molecule has 1 aromatic rings. The van der Waals surface area contributed by atoms with E-state index in [1.165, 1.54) is 13.2 Å². The number of phenols is 1. The molecule has 29 heavy (non-hydrogen) atoms. The molecule has 0 unspecified atom stereocenters. The third kappa shape index (κ3) is 4.98. The molecule has 0 saturated carbocycles. The quantitative estimate of drug-likeness (QED) is 0.548. The Morgan fingerprint density at radius 1 is 1.17 bits per heavy atom. The number of cyclic esters (lactones) is 1. The van der Waals surface area contributed by atoms with Gasteiger partial charge in [0.05, 0.1) is 13.2 Å². The topological polar surface area (TPSA) is 94.5 Å². The number of methoxy groups -OCH3 is 1. The largest absolute Gasteiger partial charge is 0.507 e. The number of aromatic hydroxyl groups is 1. The number of phenolic OH excluding ortho intramolecular Hbond substituents is 1. The summed E-state index contributed by atoms with van der Waals surface area (Å²) in [6, 6.07) is 3.04. The number of aliphatic hydroxyl groups excluding tert-OH is 1. The van der Waals surface area contributed by atoms with Crippen molar-refractivity contribution in [2.75, 3.05) is 7.11 Å². The standard InChI is InChI=1S/C22H28O7/c1-13-7-5-9-16(23)20-18(28-22(2,3)29-20)10-6-8-14-11-15(26-4)12-17(24)19(14)21(25)27-13/h5-6,8-9,11-13,16,18,20,23-24H,7,10H2,1-4H3/b8-6-,9-5-/t13-,16-,18-,20+/m0/s1. The van der Waals surface area contributed by atoms with E-state index < -0.39 is 30.1 Å². The van der Waals surface area contributed by atoms with Crippen molar-refractivity contribution in [3.63, 3.8) is 0 Å². The van der Waals surface area contributed by atoms with Gasteiger partial charge in [0.1, 0.15) is 35.4 Å². The van der Waals surface area contributed by atoms with E-state index in [0.717, 1.165) is 0 Å². The first kappa shape index (κ1) is 21.4. The Hall–Kier alpha value is -2.35. The molecule has 0 aromatic heterocycles. The molecule has 0 radical (unpaired) electrons. The van der Waals surface area contributed by atoms with Crippen LogP contribution >= 0.6 is 0 Å². The fourth-order valence-corrected chi connectivity index (χ4v) is 3.57. The van der Waals surface area contributed by atoms with Gasteiger partial charge < -0.3 is 29.2 Å². The molecule has 158 valence electrons. The summed E-state index contributed by atoms with van der Waals surface area (Å²) in [7, 11) is 1.48. The second-order valence-electron chi connectivity index (χ2n) is 7.76. The fourth-order valence-electron chi connectivity index (χ4n) is 3.57. The molecule has 2 aliphatic heterocycles. The lowest BCUT2D eigenvalue weighted by molar-refractivity contribution is -0.152. The molecule has 2 N–H and O–H groups in total. The van der Waals surface area contributed by atoms with Gasteiger partial charge in [0, 0.05) is 12.5 Å². The maximum Gasteiger partial charge on any atom is 0.342 e. The molecule has 7 heteroatoms. The first-order valence-corrected chi connectivity index (χ1v) is 9.69. The summed E-state index contributed by atoms with van der Waals surface area (Å²) < 4.78 is 22.5. The van der Waals surface area contributed by atoms with Crippen LogP contribution in [-0.4, -0.2) is 53.5 Å². The smallest absolute Gasteiger partial charge is 0.342 e. The zero-order valence-corrected chi connectivity index (χ0v) is 17.1. The summed E-state index contributed by atoms with van der Waals surface area (Å²) in [5.74, 6) is -1.22. The average molecular weight is 404 g/mol. The summed E-state index contributed by atoms with van der Waals surface area (Å²) in [5, 5.41) is 20.9. The van der Waals surface area contributed by atoms with Crippen LogP contribution in [0.4, 0.5) is 0 Å². The monoisotopic (exact) mass is 404 g/mol. The van der Waals surface area contributed by atoms with Crippen LogP contribution in [0.1, 0.15) is 49.5 Å². The molecule has 2 heterocycles. The number of esters is 1. The summed E-state index contributed by atoms with van der Waals surface area (Å²) in [6.07, 6.45) is 5.60. The Morgan fingerprint density at radius 3 is 2.66 bits per heavy atom. The summed E-state index contributed by atoms with van der Waals surface area (Å²) >= 11 is 0. The molecule has 7 nitrogen and oxygen atoms in total. The number of benzene rings is 1. The van der Waals surface area contributed by atoms with Gasteiger partial charge in [-0.3, -0.25) is 0 Å². The van der Waals surface area contributed by atoms with E-state index in [-0.39, 0.29) is 17.4 Å². The van der Waals surface area contributed by atoms with E-state index in [4.69, 9.17) is 18.9 Å². The predicted octanol–water partition coefficient (Wildman–Crippen LogP) is 3.19. The number of hydrogen-bond acceptors (Lipinski definition) is 7. The van der Waals surface area contributed by atoms with Gasteiger partial charge in [-0.1, -0.05) is 24.3 Å².